The molecule has 0 saturated carbocycles. The Kier molecular flexibility index (Phi) is 4.19. The van der Waals surface area contributed by atoms with Gasteiger partial charge in [0, 0.05) is 25.4 Å². The van der Waals surface area contributed by atoms with E-state index in [1.54, 1.807) is 6.07 Å². The average Bonchev–Trinajstić information content (AvgIpc) is 2.57. The summed E-state index contributed by atoms with van der Waals surface area (Å²) in [6.07, 6.45) is 5.48. The third-order valence-corrected chi connectivity index (χ3v) is 3.89. The topological polar surface area (TPSA) is 53.2 Å². The molecular formula is C18H18N2O2. The number of nitrogens with one attached hydrogen (secondary N) is 1. The molecule has 0 aliphatic carbocycles. The van der Waals surface area contributed by atoms with E-state index in [9.17, 15) is 9.59 Å². The van der Waals surface area contributed by atoms with E-state index in [1.165, 1.54) is 23.4 Å². The Morgan fingerprint density at radius 3 is 2.41 bits per heavy atom. The molecule has 1 fully saturated rings. The van der Waals surface area contributed by atoms with E-state index in [-0.39, 0.29) is 11.5 Å². The van der Waals surface area contributed by atoms with Gasteiger partial charge in [-0.1, -0.05) is 42.0 Å². The fourth-order valence-electron chi connectivity index (χ4n) is 2.65. The summed E-state index contributed by atoms with van der Waals surface area (Å²) in [5, 5.41) is 0. The molecule has 2 heterocycles. The molecule has 4 nitrogen and oxygen atoms in total. The van der Waals surface area contributed by atoms with Gasteiger partial charge in [-0.25, -0.2) is 0 Å². The average molecular weight is 294 g/mol. The van der Waals surface area contributed by atoms with E-state index in [2.05, 4.69) is 23.2 Å². The second-order valence-electron chi connectivity index (χ2n) is 5.45. The molecule has 1 amide bonds. The summed E-state index contributed by atoms with van der Waals surface area (Å²) < 4.78 is 0. The Hall–Kier alpha value is -2.62. The summed E-state index contributed by atoms with van der Waals surface area (Å²) in [7, 11) is 0. The van der Waals surface area contributed by atoms with Crippen molar-refractivity contribution in [2.75, 3.05) is 13.1 Å². The Morgan fingerprint density at radius 1 is 1.05 bits per heavy atom. The minimum absolute atomic E-state index is 0.0185. The maximum absolute atomic E-state index is 12.4. The van der Waals surface area contributed by atoms with Crippen LogP contribution in [0.25, 0.3) is 6.08 Å². The highest BCUT2D eigenvalue weighted by Gasteiger charge is 2.20. The van der Waals surface area contributed by atoms with Crippen molar-refractivity contribution in [1.29, 1.82) is 0 Å². The van der Waals surface area contributed by atoms with E-state index in [4.69, 9.17) is 0 Å². The molecule has 3 rings (SSSR count). The predicted molar refractivity (Wildman–Crippen MR) is 86.6 cm³/mol. The highest BCUT2D eigenvalue weighted by atomic mass is 16.2. The first-order valence-corrected chi connectivity index (χ1v) is 7.45. The van der Waals surface area contributed by atoms with Gasteiger partial charge in [0.25, 0.3) is 5.91 Å². The minimum Gasteiger partial charge on any atom is -0.338 e. The second kappa shape index (κ2) is 6.43. The van der Waals surface area contributed by atoms with Crippen LogP contribution in [0.3, 0.4) is 0 Å². The third-order valence-electron chi connectivity index (χ3n) is 3.89. The number of amides is 1. The normalized spacial score (nSPS) is 14.7. The van der Waals surface area contributed by atoms with Crippen molar-refractivity contribution >= 4 is 12.0 Å². The number of benzene rings is 1. The molecule has 1 aliphatic rings. The van der Waals surface area contributed by atoms with Crippen LogP contribution in [-0.4, -0.2) is 28.9 Å². The molecule has 1 aromatic carbocycles. The summed E-state index contributed by atoms with van der Waals surface area (Å²) in [5.74, 6) is -0.0185. The summed E-state index contributed by atoms with van der Waals surface area (Å²) in [6.45, 7) is 1.44. The van der Waals surface area contributed by atoms with Crippen LogP contribution in [0.4, 0.5) is 0 Å². The van der Waals surface area contributed by atoms with Crippen LogP contribution < -0.4 is 5.56 Å². The van der Waals surface area contributed by atoms with Crippen LogP contribution in [0.5, 0.6) is 0 Å². The fourth-order valence-corrected chi connectivity index (χ4v) is 2.65. The number of H-pyrrole nitrogens is 1. The van der Waals surface area contributed by atoms with E-state index >= 15 is 0 Å². The molecule has 4 heteroatoms. The van der Waals surface area contributed by atoms with Gasteiger partial charge in [-0.15, -0.1) is 0 Å². The van der Waals surface area contributed by atoms with Crippen molar-refractivity contribution in [3.05, 3.63) is 75.7 Å². The molecule has 112 valence electrons. The number of nitrogens with zero attached hydrogens (tertiary/aromatic N) is 1. The Labute approximate surface area is 129 Å². The molecule has 0 unspecified atom stereocenters. The van der Waals surface area contributed by atoms with Crippen LogP contribution in [0.15, 0.2) is 59.0 Å². The smallest absolute Gasteiger partial charge is 0.255 e. The number of rotatable bonds is 2. The first-order valence-electron chi connectivity index (χ1n) is 7.45. The van der Waals surface area contributed by atoms with Gasteiger partial charge in [-0.2, -0.15) is 0 Å². The lowest BCUT2D eigenvalue weighted by Gasteiger charge is -2.28. The van der Waals surface area contributed by atoms with Gasteiger partial charge in [0.2, 0.25) is 5.56 Å². The van der Waals surface area contributed by atoms with Gasteiger partial charge in [0.15, 0.2) is 0 Å². The number of pyridine rings is 1. The van der Waals surface area contributed by atoms with Gasteiger partial charge < -0.3 is 9.88 Å². The maximum Gasteiger partial charge on any atom is 0.255 e. The van der Waals surface area contributed by atoms with Crippen LogP contribution in [0.2, 0.25) is 0 Å². The van der Waals surface area contributed by atoms with Gasteiger partial charge in [-0.3, -0.25) is 9.59 Å². The molecule has 1 N–H and O–H groups in total. The number of likely N-dealkylation sites (tertiary alicyclic amines) is 1. The monoisotopic (exact) mass is 294 g/mol. The van der Waals surface area contributed by atoms with Crippen LogP contribution >= 0.6 is 0 Å². The second-order valence-corrected chi connectivity index (χ2v) is 5.45. The van der Waals surface area contributed by atoms with Crippen LogP contribution in [-0.2, 0) is 0 Å². The third kappa shape index (κ3) is 3.34. The number of carbonyl (C=O) groups excluding carboxylic acids is 1. The molecule has 0 radical (unpaired) electrons. The lowest BCUT2D eigenvalue weighted by Crippen LogP contribution is -2.36. The number of hydrogen-bond acceptors (Lipinski definition) is 2. The first kappa shape index (κ1) is 14.3. The predicted octanol–water partition coefficient (Wildman–Crippen LogP) is 2.69. The number of piperidine rings is 1. The number of aromatic nitrogens is 1. The van der Waals surface area contributed by atoms with Crippen molar-refractivity contribution in [1.82, 2.24) is 9.88 Å². The van der Waals surface area contributed by atoms with E-state index in [0.717, 1.165) is 25.9 Å². The van der Waals surface area contributed by atoms with E-state index in [0.29, 0.717) is 5.56 Å². The van der Waals surface area contributed by atoms with Crippen LogP contribution in [0, 0.1) is 0 Å². The van der Waals surface area contributed by atoms with Gasteiger partial charge in [0.1, 0.15) is 0 Å². The van der Waals surface area contributed by atoms with Gasteiger partial charge in [-0.05, 0) is 24.5 Å². The van der Waals surface area contributed by atoms with Crippen molar-refractivity contribution < 1.29 is 4.79 Å². The zero-order chi connectivity index (χ0) is 15.4. The molecule has 22 heavy (non-hydrogen) atoms. The molecule has 1 aromatic heterocycles. The molecule has 1 aliphatic heterocycles. The van der Waals surface area contributed by atoms with Crippen molar-refractivity contribution in [3.8, 4) is 0 Å². The van der Waals surface area contributed by atoms with Gasteiger partial charge >= 0.3 is 0 Å². The summed E-state index contributed by atoms with van der Waals surface area (Å²) >= 11 is 0. The molecule has 0 atom stereocenters. The molecule has 1 saturated heterocycles. The number of carbonyl (C=O) groups is 1. The molecule has 2 aromatic rings. The SMILES string of the molecule is O=C(c1ccc(=O)[nH]c1)N1CCC(=Cc2ccccc2)CC1. The zero-order valence-electron chi connectivity index (χ0n) is 12.3. The summed E-state index contributed by atoms with van der Waals surface area (Å²) in [5.41, 5.74) is 2.92. The summed E-state index contributed by atoms with van der Waals surface area (Å²) in [6, 6.07) is 13.2. The quantitative estimate of drug-likeness (QED) is 0.926. The fraction of sp³-hybridized carbons (Fsp3) is 0.222. The lowest BCUT2D eigenvalue weighted by atomic mass is 10.0. The van der Waals surface area contributed by atoms with E-state index in [1.807, 2.05) is 23.1 Å². The lowest BCUT2D eigenvalue weighted by molar-refractivity contribution is 0.0743. The Bertz CT molecular complexity index is 717. The van der Waals surface area contributed by atoms with E-state index < -0.39 is 0 Å². The van der Waals surface area contributed by atoms with Crippen molar-refractivity contribution in [3.63, 3.8) is 0 Å². The van der Waals surface area contributed by atoms with Crippen molar-refractivity contribution in [2.45, 2.75) is 12.8 Å². The number of hydrogen-bond donors (Lipinski definition) is 1. The Morgan fingerprint density at radius 2 is 1.77 bits per heavy atom. The highest BCUT2D eigenvalue weighted by Crippen LogP contribution is 2.20. The minimum atomic E-state index is -0.191. The molecular weight excluding hydrogens is 276 g/mol. The zero-order valence-corrected chi connectivity index (χ0v) is 12.3. The number of aromatic amines is 1. The summed E-state index contributed by atoms with van der Waals surface area (Å²) in [4.78, 5) is 27.8. The molecule has 0 spiro atoms. The highest BCUT2D eigenvalue weighted by molar-refractivity contribution is 5.94. The largest absolute Gasteiger partial charge is 0.338 e. The van der Waals surface area contributed by atoms with Crippen LogP contribution in [0.1, 0.15) is 28.8 Å². The first-order chi connectivity index (χ1) is 10.7. The standard InChI is InChI=1S/C18H18N2O2/c21-17-7-6-16(13-19-17)18(22)20-10-8-15(9-11-20)12-14-4-2-1-3-5-14/h1-7,12-13H,8-11H2,(H,19,21). The maximum atomic E-state index is 12.4. The Balaban J connectivity index is 1.64. The van der Waals surface area contributed by atoms with Crippen molar-refractivity contribution in [2.24, 2.45) is 0 Å². The van der Waals surface area contributed by atoms with Gasteiger partial charge in [0.05, 0.1) is 5.56 Å². The molecule has 0 bridgehead atoms.